The summed E-state index contributed by atoms with van der Waals surface area (Å²) in [5.74, 6) is 0. The molecule has 0 bridgehead atoms. The van der Waals surface area contributed by atoms with Crippen molar-refractivity contribution in [2.24, 2.45) is 0 Å². The highest BCUT2D eigenvalue weighted by molar-refractivity contribution is 5.28. The van der Waals surface area contributed by atoms with Crippen LogP contribution in [0.15, 0.2) is 48.8 Å². The molecule has 2 heteroatoms. The van der Waals surface area contributed by atoms with Crippen LogP contribution in [0.4, 0.5) is 0 Å². The summed E-state index contributed by atoms with van der Waals surface area (Å²) >= 11 is 0. The maximum absolute atomic E-state index is 4.13. The van der Waals surface area contributed by atoms with Gasteiger partial charge in [-0.05, 0) is 36.2 Å². The number of pyridine rings is 1. The van der Waals surface area contributed by atoms with Crippen LogP contribution in [-0.2, 0) is 13.0 Å². The second kappa shape index (κ2) is 8.43. The quantitative estimate of drug-likeness (QED) is 0.888. The van der Waals surface area contributed by atoms with E-state index in [1.54, 1.807) is 6.20 Å². The first-order chi connectivity index (χ1) is 8.88. The highest BCUT2D eigenvalue weighted by atomic mass is 14.8. The smallest absolute Gasteiger partial charge is 0.0303 e. The molecule has 2 aromatic rings. The van der Waals surface area contributed by atoms with Gasteiger partial charge in [0, 0.05) is 18.9 Å². The predicted octanol–water partition coefficient (Wildman–Crippen LogP) is 3.42. The minimum absolute atomic E-state index is 0.918. The van der Waals surface area contributed by atoms with Crippen LogP contribution in [0.2, 0.25) is 0 Å². The lowest BCUT2D eigenvalue weighted by Gasteiger charge is -2.04. The molecule has 0 radical (unpaired) electrons. The van der Waals surface area contributed by atoms with Crippen molar-refractivity contribution < 1.29 is 0 Å². The molecule has 0 spiro atoms. The van der Waals surface area contributed by atoms with E-state index in [-0.39, 0.29) is 0 Å². The van der Waals surface area contributed by atoms with Gasteiger partial charge in [-0.15, -0.1) is 0 Å². The zero-order chi connectivity index (χ0) is 13.2. The Labute approximate surface area is 110 Å². The molecule has 2 nitrogen and oxygen atoms in total. The van der Waals surface area contributed by atoms with Crippen LogP contribution in [0.5, 0.6) is 0 Å². The lowest BCUT2D eigenvalue weighted by molar-refractivity contribution is 0.816. The molecule has 0 aliphatic rings. The topological polar surface area (TPSA) is 24.9 Å². The second-order valence-corrected chi connectivity index (χ2v) is 3.89. The Morgan fingerprint density at radius 3 is 2.39 bits per heavy atom. The number of hydrogen-bond donors (Lipinski definition) is 1. The number of nitrogens with zero attached hydrogens (tertiary/aromatic N) is 1. The molecule has 0 fully saturated rings. The summed E-state index contributed by atoms with van der Waals surface area (Å²) in [5.41, 5.74) is 3.91. The third-order valence-corrected chi connectivity index (χ3v) is 2.50. The van der Waals surface area contributed by atoms with Gasteiger partial charge < -0.3 is 5.32 Å². The Balaban J connectivity index is 0.000000771. The molecule has 0 atom stereocenters. The van der Waals surface area contributed by atoms with Crippen molar-refractivity contribution in [2.75, 3.05) is 7.05 Å². The van der Waals surface area contributed by atoms with E-state index in [1.807, 2.05) is 33.2 Å². The maximum atomic E-state index is 4.13. The van der Waals surface area contributed by atoms with Crippen molar-refractivity contribution in [2.45, 2.75) is 26.8 Å². The molecule has 18 heavy (non-hydrogen) atoms. The van der Waals surface area contributed by atoms with E-state index in [0.29, 0.717) is 0 Å². The Morgan fingerprint density at radius 2 is 1.72 bits per heavy atom. The normalized spacial score (nSPS) is 9.50. The van der Waals surface area contributed by atoms with Crippen molar-refractivity contribution in [1.29, 1.82) is 0 Å². The number of benzene rings is 1. The molecular formula is C16H22N2. The fourth-order valence-corrected chi connectivity index (χ4v) is 1.79. The predicted molar refractivity (Wildman–Crippen MR) is 77.6 cm³/mol. The van der Waals surface area contributed by atoms with Gasteiger partial charge in [0.1, 0.15) is 0 Å². The molecule has 1 aromatic carbocycles. The SMILES string of the molecule is CC.CNCc1cccc(Cc2cccnc2)c1. The third-order valence-electron chi connectivity index (χ3n) is 2.50. The van der Waals surface area contributed by atoms with E-state index < -0.39 is 0 Å². The zero-order valence-corrected chi connectivity index (χ0v) is 11.5. The van der Waals surface area contributed by atoms with Gasteiger partial charge in [0.15, 0.2) is 0 Å². The van der Waals surface area contributed by atoms with Gasteiger partial charge >= 0.3 is 0 Å². The summed E-state index contributed by atoms with van der Waals surface area (Å²) in [4.78, 5) is 4.13. The van der Waals surface area contributed by atoms with Gasteiger partial charge in [-0.2, -0.15) is 0 Å². The minimum atomic E-state index is 0.918. The second-order valence-electron chi connectivity index (χ2n) is 3.89. The Hall–Kier alpha value is -1.67. The molecule has 0 amide bonds. The van der Waals surface area contributed by atoms with Crippen LogP contribution < -0.4 is 5.32 Å². The first-order valence-corrected chi connectivity index (χ1v) is 6.50. The highest BCUT2D eigenvalue weighted by Gasteiger charge is 1.97. The van der Waals surface area contributed by atoms with E-state index >= 15 is 0 Å². The van der Waals surface area contributed by atoms with Gasteiger partial charge in [0.05, 0.1) is 0 Å². The van der Waals surface area contributed by atoms with Crippen LogP contribution in [0, 0.1) is 0 Å². The molecule has 0 aliphatic carbocycles. The lowest BCUT2D eigenvalue weighted by atomic mass is 10.0. The van der Waals surface area contributed by atoms with E-state index in [1.165, 1.54) is 16.7 Å². The molecule has 96 valence electrons. The largest absolute Gasteiger partial charge is 0.316 e. The van der Waals surface area contributed by atoms with Crippen LogP contribution in [0.1, 0.15) is 30.5 Å². The van der Waals surface area contributed by atoms with Crippen molar-refractivity contribution in [3.05, 3.63) is 65.5 Å². The maximum Gasteiger partial charge on any atom is 0.0303 e. The molecule has 2 rings (SSSR count). The fraction of sp³-hybridized carbons (Fsp3) is 0.312. The van der Waals surface area contributed by atoms with Crippen LogP contribution >= 0.6 is 0 Å². The average molecular weight is 242 g/mol. The van der Waals surface area contributed by atoms with E-state index in [0.717, 1.165) is 13.0 Å². The Kier molecular flexibility index (Phi) is 6.74. The van der Waals surface area contributed by atoms with Gasteiger partial charge in [-0.1, -0.05) is 44.2 Å². The summed E-state index contributed by atoms with van der Waals surface area (Å²) < 4.78 is 0. The molecule has 0 unspecified atom stereocenters. The summed E-state index contributed by atoms with van der Waals surface area (Å²) in [7, 11) is 1.97. The summed E-state index contributed by atoms with van der Waals surface area (Å²) in [6.45, 7) is 4.92. The summed E-state index contributed by atoms with van der Waals surface area (Å²) in [6.07, 6.45) is 4.68. The van der Waals surface area contributed by atoms with Crippen LogP contribution in [0.25, 0.3) is 0 Å². The van der Waals surface area contributed by atoms with Crippen molar-refractivity contribution in [3.8, 4) is 0 Å². The lowest BCUT2D eigenvalue weighted by Crippen LogP contribution is -2.05. The fourth-order valence-electron chi connectivity index (χ4n) is 1.79. The van der Waals surface area contributed by atoms with Gasteiger partial charge in [0.2, 0.25) is 0 Å². The first-order valence-electron chi connectivity index (χ1n) is 6.50. The summed E-state index contributed by atoms with van der Waals surface area (Å²) in [5, 5.41) is 3.16. The van der Waals surface area contributed by atoms with Crippen molar-refractivity contribution in [3.63, 3.8) is 0 Å². The Bertz CT molecular complexity index is 438. The van der Waals surface area contributed by atoms with Gasteiger partial charge in [0.25, 0.3) is 0 Å². The average Bonchev–Trinajstić information content (AvgIpc) is 2.43. The number of hydrogen-bond acceptors (Lipinski definition) is 2. The number of aromatic nitrogens is 1. The van der Waals surface area contributed by atoms with E-state index in [2.05, 4.69) is 40.6 Å². The summed E-state index contributed by atoms with van der Waals surface area (Å²) in [6, 6.07) is 12.7. The highest BCUT2D eigenvalue weighted by Crippen LogP contribution is 2.10. The molecule has 1 aromatic heterocycles. The van der Waals surface area contributed by atoms with Gasteiger partial charge in [-0.25, -0.2) is 0 Å². The first kappa shape index (κ1) is 14.4. The Morgan fingerprint density at radius 1 is 1.00 bits per heavy atom. The molecule has 1 N–H and O–H groups in total. The monoisotopic (exact) mass is 242 g/mol. The minimum Gasteiger partial charge on any atom is -0.316 e. The standard InChI is InChI=1S/C14H16N2.C2H6/c1-15-10-13-5-2-4-12(8-13)9-14-6-3-7-16-11-14;1-2/h2-8,11,15H,9-10H2,1H3;1-2H3. The van der Waals surface area contributed by atoms with E-state index in [4.69, 9.17) is 0 Å². The molecule has 0 saturated carbocycles. The van der Waals surface area contributed by atoms with E-state index in [9.17, 15) is 0 Å². The molecule has 0 aliphatic heterocycles. The van der Waals surface area contributed by atoms with Crippen molar-refractivity contribution in [1.82, 2.24) is 10.3 Å². The number of nitrogens with one attached hydrogen (secondary N) is 1. The molecular weight excluding hydrogens is 220 g/mol. The van der Waals surface area contributed by atoms with Crippen LogP contribution in [0.3, 0.4) is 0 Å². The molecule has 1 heterocycles. The van der Waals surface area contributed by atoms with Crippen LogP contribution in [-0.4, -0.2) is 12.0 Å². The number of rotatable bonds is 4. The van der Waals surface area contributed by atoms with Gasteiger partial charge in [-0.3, -0.25) is 4.98 Å². The third kappa shape index (κ3) is 4.68. The van der Waals surface area contributed by atoms with Crippen molar-refractivity contribution >= 4 is 0 Å². The molecule has 0 saturated heterocycles. The zero-order valence-electron chi connectivity index (χ0n) is 11.5.